The van der Waals surface area contributed by atoms with Gasteiger partial charge in [-0.25, -0.2) is 4.79 Å². The van der Waals surface area contributed by atoms with Gasteiger partial charge < -0.3 is 19.9 Å². The van der Waals surface area contributed by atoms with E-state index < -0.39 is 17.4 Å². The lowest BCUT2D eigenvalue weighted by atomic mass is 9.89. The molecule has 0 aromatic heterocycles. The van der Waals surface area contributed by atoms with Crippen LogP contribution in [0.5, 0.6) is 5.75 Å². The Balaban J connectivity index is 2.25. The minimum atomic E-state index is -1.31. The Morgan fingerprint density at radius 2 is 2.05 bits per heavy atom. The number of aliphatic carboxylic acids is 1. The molecule has 2 N–H and O–H groups in total. The Morgan fingerprint density at radius 1 is 1.38 bits per heavy atom. The van der Waals surface area contributed by atoms with Gasteiger partial charge in [0.2, 0.25) is 0 Å². The first kappa shape index (κ1) is 15.6. The Morgan fingerprint density at radius 3 is 2.62 bits per heavy atom. The van der Waals surface area contributed by atoms with Crippen molar-refractivity contribution in [3.05, 3.63) is 28.8 Å². The first-order valence-corrected chi connectivity index (χ1v) is 6.83. The molecule has 114 valence electrons. The van der Waals surface area contributed by atoms with Crippen molar-refractivity contribution in [3.63, 3.8) is 0 Å². The van der Waals surface area contributed by atoms with Crippen molar-refractivity contribution < 1.29 is 24.2 Å². The highest BCUT2D eigenvalue weighted by Crippen LogP contribution is 2.26. The van der Waals surface area contributed by atoms with E-state index in [0.29, 0.717) is 24.0 Å². The van der Waals surface area contributed by atoms with Gasteiger partial charge in [-0.2, -0.15) is 0 Å². The molecule has 1 aliphatic heterocycles. The van der Waals surface area contributed by atoms with E-state index in [2.05, 4.69) is 5.32 Å². The number of nitrogens with one attached hydrogen (secondary N) is 1. The van der Waals surface area contributed by atoms with Crippen LogP contribution in [0.3, 0.4) is 0 Å². The van der Waals surface area contributed by atoms with Gasteiger partial charge >= 0.3 is 5.97 Å². The monoisotopic (exact) mass is 313 g/mol. The summed E-state index contributed by atoms with van der Waals surface area (Å²) in [4.78, 5) is 23.9. The maximum absolute atomic E-state index is 12.4. The summed E-state index contributed by atoms with van der Waals surface area (Å²) in [6, 6.07) is 4.57. The molecule has 0 spiro atoms. The number of methoxy groups -OCH3 is 1. The van der Waals surface area contributed by atoms with E-state index >= 15 is 0 Å². The number of benzene rings is 1. The fourth-order valence-corrected chi connectivity index (χ4v) is 2.41. The van der Waals surface area contributed by atoms with Crippen molar-refractivity contribution in [3.8, 4) is 5.75 Å². The lowest BCUT2D eigenvalue weighted by Gasteiger charge is -2.34. The van der Waals surface area contributed by atoms with Crippen LogP contribution in [0.2, 0.25) is 5.02 Å². The van der Waals surface area contributed by atoms with E-state index in [1.54, 1.807) is 6.07 Å². The molecule has 0 bridgehead atoms. The van der Waals surface area contributed by atoms with Crippen LogP contribution < -0.4 is 10.1 Å². The average molecular weight is 314 g/mol. The third-order valence-corrected chi connectivity index (χ3v) is 3.75. The second-order valence-corrected chi connectivity index (χ2v) is 5.23. The molecule has 0 radical (unpaired) electrons. The van der Waals surface area contributed by atoms with E-state index in [-0.39, 0.29) is 18.4 Å². The zero-order valence-electron chi connectivity index (χ0n) is 11.5. The largest absolute Gasteiger partial charge is 0.496 e. The van der Waals surface area contributed by atoms with Gasteiger partial charge in [-0.1, -0.05) is 11.6 Å². The Kier molecular flexibility index (Phi) is 4.69. The van der Waals surface area contributed by atoms with Crippen LogP contribution in [0.25, 0.3) is 0 Å². The predicted octanol–water partition coefficient (Wildman–Crippen LogP) is 1.71. The van der Waals surface area contributed by atoms with Crippen LogP contribution in [0.15, 0.2) is 18.2 Å². The van der Waals surface area contributed by atoms with Gasteiger partial charge in [0.05, 0.1) is 12.7 Å². The quantitative estimate of drug-likeness (QED) is 0.884. The molecule has 1 saturated heterocycles. The molecule has 0 unspecified atom stereocenters. The highest BCUT2D eigenvalue weighted by atomic mass is 35.5. The highest BCUT2D eigenvalue weighted by Gasteiger charge is 2.42. The molecule has 6 nitrogen and oxygen atoms in total. The van der Waals surface area contributed by atoms with Crippen molar-refractivity contribution in [2.75, 3.05) is 20.3 Å². The fraction of sp³-hybridized carbons (Fsp3) is 0.429. The lowest BCUT2D eigenvalue weighted by molar-refractivity contribution is -0.148. The normalized spacial score (nSPS) is 17.0. The zero-order valence-corrected chi connectivity index (χ0v) is 12.3. The Labute approximate surface area is 127 Å². The minimum Gasteiger partial charge on any atom is -0.496 e. The number of carbonyl (C=O) groups excluding carboxylic acids is 1. The maximum Gasteiger partial charge on any atom is 0.329 e. The summed E-state index contributed by atoms with van der Waals surface area (Å²) >= 11 is 5.85. The van der Waals surface area contributed by atoms with Gasteiger partial charge in [0.1, 0.15) is 11.3 Å². The van der Waals surface area contributed by atoms with Gasteiger partial charge in [-0.05, 0) is 18.2 Å². The molecule has 0 saturated carbocycles. The number of carbonyl (C=O) groups is 2. The van der Waals surface area contributed by atoms with Gasteiger partial charge in [0.25, 0.3) is 5.91 Å². The first-order valence-electron chi connectivity index (χ1n) is 6.46. The number of halogens is 1. The molecule has 1 amide bonds. The summed E-state index contributed by atoms with van der Waals surface area (Å²) in [5.74, 6) is -1.27. The summed E-state index contributed by atoms with van der Waals surface area (Å²) < 4.78 is 10.3. The van der Waals surface area contributed by atoms with Crippen molar-refractivity contribution in [2.24, 2.45) is 0 Å². The third-order valence-electron chi connectivity index (χ3n) is 3.52. The van der Waals surface area contributed by atoms with E-state index in [0.717, 1.165) is 0 Å². The maximum atomic E-state index is 12.4. The van der Waals surface area contributed by atoms with E-state index in [1.807, 2.05) is 0 Å². The molecular weight excluding hydrogens is 298 g/mol. The molecule has 1 aromatic rings. The fourth-order valence-electron chi connectivity index (χ4n) is 2.25. The lowest BCUT2D eigenvalue weighted by Crippen LogP contribution is -2.57. The van der Waals surface area contributed by atoms with Crippen LogP contribution in [-0.2, 0) is 9.53 Å². The number of ether oxygens (including phenoxy) is 2. The number of hydrogen-bond donors (Lipinski definition) is 2. The summed E-state index contributed by atoms with van der Waals surface area (Å²) in [7, 11) is 1.42. The first-order chi connectivity index (χ1) is 9.98. The van der Waals surface area contributed by atoms with Crippen LogP contribution in [0.1, 0.15) is 23.2 Å². The second-order valence-electron chi connectivity index (χ2n) is 4.80. The molecule has 0 aliphatic carbocycles. The summed E-state index contributed by atoms with van der Waals surface area (Å²) in [6.45, 7) is 0.592. The Bertz CT molecular complexity index is 554. The minimum absolute atomic E-state index is 0.226. The molecule has 21 heavy (non-hydrogen) atoms. The number of carboxylic acids is 1. The highest BCUT2D eigenvalue weighted by molar-refractivity contribution is 6.30. The summed E-state index contributed by atoms with van der Waals surface area (Å²) in [5.41, 5.74) is -1.06. The Hall–Kier alpha value is -1.79. The number of carboxylic acid groups (broad SMARTS) is 1. The molecule has 7 heteroatoms. The summed E-state index contributed by atoms with van der Waals surface area (Å²) in [5, 5.41) is 12.5. The zero-order chi connectivity index (χ0) is 15.5. The predicted molar refractivity (Wildman–Crippen MR) is 75.9 cm³/mol. The second kappa shape index (κ2) is 6.32. The van der Waals surface area contributed by atoms with Crippen LogP contribution in [0.4, 0.5) is 0 Å². The third kappa shape index (κ3) is 3.28. The van der Waals surface area contributed by atoms with Crippen molar-refractivity contribution in [2.45, 2.75) is 18.4 Å². The van der Waals surface area contributed by atoms with Crippen molar-refractivity contribution in [1.29, 1.82) is 0 Å². The standard InChI is InChI=1S/C14H16ClNO5/c1-20-11-8-9(15)2-3-10(11)12(17)16-14(13(18)19)4-6-21-7-5-14/h2-3,8H,4-7H2,1H3,(H,16,17)(H,18,19). The van der Waals surface area contributed by atoms with Crippen LogP contribution in [0, 0.1) is 0 Å². The van der Waals surface area contributed by atoms with Gasteiger partial charge in [-0.15, -0.1) is 0 Å². The number of rotatable bonds is 4. The molecule has 1 heterocycles. The van der Waals surface area contributed by atoms with Crippen LogP contribution in [-0.4, -0.2) is 42.8 Å². The van der Waals surface area contributed by atoms with Gasteiger partial charge in [0, 0.05) is 31.1 Å². The van der Waals surface area contributed by atoms with Gasteiger partial charge in [0.15, 0.2) is 0 Å². The molecule has 2 rings (SSSR count). The molecule has 1 aliphatic rings. The van der Waals surface area contributed by atoms with E-state index in [9.17, 15) is 14.7 Å². The van der Waals surface area contributed by atoms with E-state index in [1.165, 1.54) is 19.2 Å². The number of hydrogen-bond acceptors (Lipinski definition) is 4. The average Bonchev–Trinajstić information content (AvgIpc) is 2.47. The molecular formula is C14H16ClNO5. The smallest absolute Gasteiger partial charge is 0.329 e. The van der Waals surface area contributed by atoms with E-state index in [4.69, 9.17) is 21.1 Å². The SMILES string of the molecule is COc1cc(Cl)ccc1C(=O)NC1(C(=O)O)CCOCC1. The van der Waals surface area contributed by atoms with Crippen LogP contribution >= 0.6 is 11.6 Å². The summed E-state index contributed by atoms with van der Waals surface area (Å²) in [6.07, 6.45) is 0.452. The molecule has 0 atom stereocenters. The number of amides is 1. The van der Waals surface area contributed by atoms with Crippen molar-refractivity contribution in [1.82, 2.24) is 5.32 Å². The molecule has 1 fully saturated rings. The molecule has 1 aromatic carbocycles. The topological polar surface area (TPSA) is 84.9 Å². The van der Waals surface area contributed by atoms with Gasteiger partial charge in [-0.3, -0.25) is 4.79 Å². The van der Waals surface area contributed by atoms with Crippen molar-refractivity contribution >= 4 is 23.5 Å².